The van der Waals surface area contributed by atoms with E-state index in [1.54, 1.807) is 6.92 Å². The second-order valence-corrected chi connectivity index (χ2v) is 9.29. The summed E-state index contributed by atoms with van der Waals surface area (Å²) in [5.41, 5.74) is 4.21. The lowest BCUT2D eigenvalue weighted by Gasteiger charge is -2.32. The Morgan fingerprint density at radius 3 is 3.03 bits per heavy atom. The van der Waals surface area contributed by atoms with Gasteiger partial charge in [0, 0.05) is 49.4 Å². The minimum absolute atomic E-state index is 0.118. The fraction of sp³-hybridized carbons (Fsp3) is 0.591. The van der Waals surface area contributed by atoms with E-state index in [9.17, 15) is 9.18 Å². The van der Waals surface area contributed by atoms with Gasteiger partial charge in [0.2, 0.25) is 11.9 Å². The molecule has 0 radical (unpaired) electrons. The summed E-state index contributed by atoms with van der Waals surface area (Å²) in [7, 11) is 0. The lowest BCUT2D eigenvalue weighted by Crippen LogP contribution is -2.40. The van der Waals surface area contributed by atoms with Crippen molar-refractivity contribution in [3.63, 3.8) is 0 Å². The van der Waals surface area contributed by atoms with Gasteiger partial charge >= 0.3 is 0 Å². The molecule has 1 saturated heterocycles. The standard InChI is InChI=1S/C22H30FN5O/c1-14(29)28-8-4-5-15(13-28)12-24-20-10-16(9-19(23)25-20)21-17-6-7-22(2,3)11-18(17)26-27-21/h9-10,15H,4-8,11-13H2,1-3H3,(H,24,25)(H,26,27). The maximum Gasteiger partial charge on any atom is 0.219 e. The lowest BCUT2D eigenvalue weighted by atomic mass is 9.76. The first-order chi connectivity index (χ1) is 13.8. The van der Waals surface area contributed by atoms with Gasteiger partial charge in [-0.15, -0.1) is 0 Å². The third-order valence-corrected chi connectivity index (χ3v) is 6.26. The van der Waals surface area contributed by atoms with Gasteiger partial charge in [0.1, 0.15) is 5.82 Å². The van der Waals surface area contributed by atoms with Crippen LogP contribution in [0, 0.1) is 17.3 Å². The number of nitrogens with zero attached hydrogens (tertiary/aromatic N) is 3. The predicted molar refractivity (Wildman–Crippen MR) is 111 cm³/mol. The van der Waals surface area contributed by atoms with Crippen LogP contribution in [0.3, 0.4) is 0 Å². The van der Waals surface area contributed by atoms with E-state index in [2.05, 4.69) is 34.3 Å². The Bertz CT molecular complexity index is 907. The highest BCUT2D eigenvalue weighted by Crippen LogP contribution is 2.38. The quantitative estimate of drug-likeness (QED) is 0.767. The molecule has 1 atom stereocenters. The molecule has 1 aliphatic heterocycles. The number of carbonyl (C=O) groups excluding carboxylic acids is 1. The number of anilines is 1. The molecule has 156 valence electrons. The number of aromatic amines is 1. The number of aromatic nitrogens is 3. The second kappa shape index (κ2) is 7.76. The van der Waals surface area contributed by atoms with Crippen LogP contribution < -0.4 is 5.32 Å². The summed E-state index contributed by atoms with van der Waals surface area (Å²) < 4.78 is 14.3. The van der Waals surface area contributed by atoms with E-state index in [0.717, 1.165) is 62.1 Å². The third-order valence-electron chi connectivity index (χ3n) is 6.26. The SMILES string of the molecule is CC(=O)N1CCCC(CNc2cc(-c3n[nH]c4c3CCC(C)(C)C4)cc(F)n2)C1. The molecule has 1 aliphatic carbocycles. The number of pyridine rings is 1. The van der Waals surface area contributed by atoms with Gasteiger partial charge in [-0.25, -0.2) is 4.98 Å². The van der Waals surface area contributed by atoms with Crippen molar-refractivity contribution < 1.29 is 9.18 Å². The fourth-order valence-electron chi connectivity index (χ4n) is 4.58. The maximum atomic E-state index is 14.3. The van der Waals surface area contributed by atoms with E-state index in [4.69, 9.17) is 0 Å². The van der Waals surface area contributed by atoms with E-state index in [0.29, 0.717) is 18.3 Å². The molecule has 2 N–H and O–H groups in total. The number of halogens is 1. The molecule has 2 aliphatic rings. The molecular formula is C22H30FN5O. The van der Waals surface area contributed by atoms with Gasteiger partial charge in [0.05, 0.1) is 5.69 Å². The number of hydrogen-bond acceptors (Lipinski definition) is 4. The molecule has 1 amide bonds. The normalized spacial score (nSPS) is 21.0. The van der Waals surface area contributed by atoms with Crippen LogP contribution in [0.25, 0.3) is 11.3 Å². The number of carbonyl (C=O) groups is 1. The van der Waals surface area contributed by atoms with Gasteiger partial charge in [-0.05, 0) is 49.5 Å². The number of fused-ring (bicyclic) bond motifs is 1. The minimum Gasteiger partial charge on any atom is -0.370 e. The van der Waals surface area contributed by atoms with Gasteiger partial charge < -0.3 is 10.2 Å². The van der Waals surface area contributed by atoms with Crippen molar-refractivity contribution in [2.75, 3.05) is 25.0 Å². The Hall–Kier alpha value is -2.44. The third kappa shape index (κ3) is 4.43. The molecule has 0 saturated carbocycles. The second-order valence-electron chi connectivity index (χ2n) is 9.29. The summed E-state index contributed by atoms with van der Waals surface area (Å²) in [6, 6.07) is 3.34. The number of rotatable bonds is 4. The zero-order chi connectivity index (χ0) is 20.6. The summed E-state index contributed by atoms with van der Waals surface area (Å²) in [6.45, 7) is 8.39. The highest BCUT2D eigenvalue weighted by molar-refractivity contribution is 5.73. The van der Waals surface area contributed by atoms with Crippen molar-refractivity contribution in [2.24, 2.45) is 11.3 Å². The monoisotopic (exact) mass is 399 g/mol. The number of H-pyrrole nitrogens is 1. The summed E-state index contributed by atoms with van der Waals surface area (Å²) in [5, 5.41) is 11.0. The Morgan fingerprint density at radius 2 is 2.24 bits per heavy atom. The van der Waals surface area contributed by atoms with Crippen molar-refractivity contribution in [3.8, 4) is 11.3 Å². The van der Waals surface area contributed by atoms with Crippen molar-refractivity contribution >= 4 is 11.7 Å². The average Bonchev–Trinajstić information content (AvgIpc) is 3.08. The predicted octanol–water partition coefficient (Wildman–Crippen LogP) is 3.80. The molecular weight excluding hydrogens is 369 g/mol. The maximum absolute atomic E-state index is 14.3. The molecule has 1 unspecified atom stereocenters. The van der Waals surface area contributed by atoms with Crippen molar-refractivity contribution in [3.05, 3.63) is 29.3 Å². The van der Waals surface area contributed by atoms with E-state index >= 15 is 0 Å². The molecule has 2 aromatic rings. The Morgan fingerprint density at radius 1 is 1.41 bits per heavy atom. The summed E-state index contributed by atoms with van der Waals surface area (Å²) >= 11 is 0. The largest absolute Gasteiger partial charge is 0.370 e. The molecule has 7 heteroatoms. The Balaban J connectivity index is 1.49. The van der Waals surface area contributed by atoms with E-state index < -0.39 is 5.95 Å². The zero-order valence-electron chi connectivity index (χ0n) is 17.5. The molecule has 3 heterocycles. The fourth-order valence-corrected chi connectivity index (χ4v) is 4.58. The number of hydrogen-bond donors (Lipinski definition) is 2. The summed E-state index contributed by atoms with van der Waals surface area (Å²) in [4.78, 5) is 17.5. The average molecular weight is 400 g/mol. The summed E-state index contributed by atoms with van der Waals surface area (Å²) in [5.74, 6) is 0.480. The van der Waals surface area contributed by atoms with Gasteiger partial charge in [-0.2, -0.15) is 9.49 Å². The van der Waals surface area contributed by atoms with Crippen LogP contribution in [-0.4, -0.2) is 45.6 Å². The summed E-state index contributed by atoms with van der Waals surface area (Å²) in [6.07, 6.45) is 5.07. The van der Waals surface area contributed by atoms with Crippen molar-refractivity contribution in [1.82, 2.24) is 20.1 Å². The number of amides is 1. The van der Waals surface area contributed by atoms with Gasteiger partial charge in [-0.1, -0.05) is 13.8 Å². The van der Waals surface area contributed by atoms with Crippen LogP contribution >= 0.6 is 0 Å². The molecule has 29 heavy (non-hydrogen) atoms. The molecule has 0 bridgehead atoms. The first kappa shape index (κ1) is 19.9. The minimum atomic E-state index is -0.508. The molecule has 0 spiro atoms. The van der Waals surface area contributed by atoms with Gasteiger partial charge in [0.25, 0.3) is 0 Å². The van der Waals surface area contributed by atoms with Gasteiger partial charge in [-0.3, -0.25) is 9.89 Å². The molecule has 0 aromatic carbocycles. The molecule has 2 aromatic heterocycles. The highest BCUT2D eigenvalue weighted by Gasteiger charge is 2.29. The topological polar surface area (TPSA) is 73.9 Å². The molecule has 4 rings (SSSR count). The van der Waals surface area contributed by atoms with E-state index in [1.807, 2.05) is 11.0 Å². The molecule has 6 nitrogen and oxygen atoms in total. The highest BCUT2D eigenvalue weighted by atomic mass is 19.1. The van der Waals surface area contributed by atoms with Crippen LogP contribution in [0.4, 0.5) is 10.2 Å². The van der Waals surface area contributed by atoms with Crippen LogP contribution in [-0.2, 0) is 17.6 Å². The zero-order valence-corrected chi connectivity index (χ0v) is 17.5. The van der Waals surface area contributed by atoms with Crippen molar-refractivity contribution in [2.45, 2.75) is 52.9 Å². The first-order valence-corrected chi connectivity index (χ1v) is 10.5. The number of piperidine rings is 1. The Labute approximate surface area is 171 Å². The number of nitrogens with one attached hydrogen (secondary N) is 2. The van der Waals surface area contributed by atoms with Crippen LogP contribution in [0.5, 0.6) is 0 Å². The van der Waals surface area contributed by atoms with Crippen LogP contribution in [0.1, 0.15) is 51.3 Å². The lowest BCUT2D eigenvalue weighted by molar-refractivity contribution is -0.130. The van der Waals surface area contributed by atoms with Crippen LogP contribution in [0.15, 0.2) is 12.1 Å². The van der Waals surface area contributed by atoms with Crippen molar-refractivity contribution in [1.29, 1.82) is 0 Å². The number of likely N-dealkylation sites (tertiary alicyclic amines) is 1. The molecule has 1 fully saturated rings. The van der Waals surface area contributed by atoms with Gasteiger partial charge in [0.15, 0.2) is 0 Å². The Kier molecular flexibility index (Phi) is 5.32. The van der Waals surface area contributed by atoms with E-state index in [1.165, 1.54) is 11.6 Å². The first-order valence-electron chi connectivity index (χ1n) is 10.5. The van der Waals surface area contributed by atoms with E-state index in [-0.39, 0.29) is 11.3 Å². The van der Waals surface area contributed by atoms with Crippen LogP contribution in [0.2, 0.25) is 0 Å². The smallest absolute Gasteiger partial charge is 0.219 e.